The fourth-order valence-corrected chi connectivity index (χ4v) is 5.12. The van der Waals surface area contributed by atoms with Gasteiger partial charge in [0.25, 0.3) is 5.91 Å². The Labute approximate surface area is 217 Å². The van der Waals surface area contributed by atoms with Crippen LogP contribution >= 0.6 is 0 Å². The van der Waals surface area contributed by atoms with Gasteiger partial charge in [-0.25, -0.2) is 0 Å². The third-order valence-electron chi connectivity index (χ3n) is 7.84. The molecule has 0 aliphatic carbocycles. The molecule has 3 atom stereocenters. The molecule has 5 rings (SSSR count). The zero-order chi connectivity index (χ0) is 26.8. The summed E-state index contributed by atoms with van der Waals surface area (Å²) < 4.78 is 18.0. The maximum Gasteiger partial charge on any atom is 0.262 e. The SMILES string of the molecule is CC(C)(CCC1OC1(C)CCC1OC1(C)C)OCN1C(=O)c2cccc(O)c2Nc2c(O)cc(O)cc21. The first-order chi connectivity index (χ1) is 17.3. The Morgan fingerprint density at radius 1 is 1.03 bits per heavy atom. The van der Waals surface area contributed by atoms with Gasteiger partial charge in [-0.3, -0.25) is 9.69 Å². The molecule has 4 N–H and O–H groups in total. The molecule has 200 valence electrons. The second-order valence-electron chi connectivity index (χ2n) is 11.7. The van der Waals surface area contributed by atoms with Gasteiger partial charge >= 0.3 is 0 Å². The summed E-state index contributed by atoms with van der Waals surface area (Å²) in [7, 11) is 0. The fraction of sp³-hybridized carbons (Fsp3) is 0.536. The zero-order valence-electron chi connectivity index (χ0n) is 22.0. The van der Waals surface area contributed by atoms with Gasteiger partial charge in [0.05, 0.1) is 45.9 Å². The number of ether oxygens (including phenoxy) is 3. The molecule has 1 amide bonds. The lowest BCUT2D eigenvalue weighted by atomic mass is 9.92. The van der Waals surface area contributed by atoms with Crippen molar-refractivity contribution < 1.29 is 34.3 Å². The first-order valence-electron chi connectivity index (χ1n) is 12.8. The van der Waals surface area contributed by atoms with Gasteiger partial charge < -0.3 is 34.8 Å². The number of phenolic OH excluding ortho intramolecular Hbond substituents is 3. The molecule has 3 unspecified atom stereocenters. The van der Waals surface area contributed by atoms with Crippen LogP contribution in [0.4, 0.5) is 17.1 Å². The molecule has 2 saturated heterocycles. The highest BCUT2D eigenvalue weighted by atomic mass is 16.6. The second-order valence-corrected chi connectivity index (χ2v) is 11.7. The van der Waals surface area contributed by atoms with Crippen LogP contribution in [0.25, 0.3) is 0 Å². The molecule has 3 heterocycles. The third kappa shape index (κ3) is 5.08. The molecule has 9 nitrogen and oxygen atoms in total. The summed E-state index contributed by atoms with van der Waals surface area (Å²) in [6.45, 7) is 10.2. The van der Waals surface area contributed by atoms with Gasteiger partial charge in [-0.15, -0.1) is 0 Å². The summed E-state index contributed by atoms with van der Waals surface area (Å²) in [4.78, 5) is 14.9. The topological polar surface area (TPSA) is 127 Å². The van der Waals surface area contributed by atoms with Crippen LogP contribution in [0.5, 0.6) is 17.2 Å². The molecule has 0 radical (unpaired) electrons. The summed E-state index contributed by atoms with van der Waals surface area (Å²) in [5.74, 6) is -1.01. The highest BCUT2D eigenvalue weighted by Gasteiger charge is 2.55. The van der Waals surface area contributed by atoms with E-state index < -0.39 is 11.5 Å². The quantitative estimate of drug-likeness (QED) is 0.206. The number of benzene rings is 2. The molecule has 3 aliphatic rings. The predicted molar refractivity (Wildman–Crippen MR) is 139 cm³/mol. The number of nitrogens with one attached hydrogen (secondary N) is 1. The molecule has 0 bridgehead atoms. The monoisotopic (exact) mass is 512 g/mol. The van der Waals surface area contributed by atoms with E-state index in [1.807, 2.05) is 13.8 Å². The minimum Gasteiger partial charge on any atom is -0.508 e. The van der Waals surface area contributed by atoms with Crippen LogP contribution in [0.2, 0.25) is 0 Å². The summed E-state index contributed by atoms with van der Waals surface area (Å²) >= 11 is 0. The van der Waals surface area contributed by atoms with Crippen molar-refractivity contribution in [1.29, 1.82) is 0 Å². The van der Waals surface area contributed by atoms with Gasteiger partial charge in [0.1, 0.15) is 29.7 Å². The van der Waals surface area contributed by atoms with E-state index in [9.17, 15) is 20.1 Å². The molecular formula is C28H36N2O7. The van der Waals surface area contributed by atoms with Crippen LogP contribution in [-0.2, 0) is 14.2 Å². The molecule has 9 heteroatoms. The second kappa shape index (κ2) is 8.79. The smallest absolute Gasteiger partial charge is 0.262 e. The van der Waals surface area contributed by atoms with Gasteiger partial charge in [-0.05, 0) is 72.4 Å². The van der Waals surface area contributed by atoms with E-state index >= 15 is 0 Å². The van der Waals surface area contributed by atoms with Crippen molar-refractivity contribution in [1.82, 2.24) is 0 Å². The first kappa shape index (κ1) is 25.6. The zero-order valence-corrected chi connectivity index (χ0v) is 22.0. The number of carbonyl (C=O) groups is 1. The number of anilines is 3. The van der Waals surface area contributed by atoms with E-state index in [4.69, 9.17) is 14.2 Å². The van der Waals surface area contributed by atoms with Crippen LogP contribution in [0.15, 0.2) is 30.3 Å². The normalized spacial score (nSPS) is 25.6. The van der Waals surface area contributed by atoms with Crippen molar-refractivity contribution in [3.63, 3.8) is 0 Å². The number of nitrogens with zero attached hydrogens (tertiary/aromatic N) is 1. The highest BCUT2D eigenvalue weighted by Crippen LogP contribution is 2.48. The number of carbonyl (C=O) groups excluding carboxylic acids is 1. The largest absolute Gasteiger partial charge is 0.508 e. The maximum atomic E-state index is 13.5. The van der Waals surface area contributed by atoms with E-state index in [0.29, 0.717) is 12.5 Å². The van der Waals surface area contributed by atoms with Crippen molar-refractivity contribution >= 4 is 23.0 Å². The lowest BCUT2D eigenvalue weighted by Gasteiger charge is -2.30. The van der Waals surface area contributed by atoms with Crippen molar-refractivity contribution in [3.8, 4) is 17.2 Å². The Morgan fingerprint density at radius 2 is 1.76 bits per heavy atom. The lowest BCUT2D eigenvalue weighted by molar-refractivity contribution is -0.0238. The summed E-state index contributed by atoms with van der Waals surface area (Å²) in [5, 5.41) is 34.0. The molecule has 0 saturated carbocycles. The molecule has 3 aliphatic heterocycles. The molecule has 2 fully saturated rings. The molecule has 0 spiro atoms. The van der Waals surface area contributed by atoms with Crippen molar-refractivity contribution in [2.45, 2.75) is 89.3 Å². The maximum absolute atomic E-state index is 13.5. The molecule has 0 aromatic heterocycles. The Balaban J connectivity index is 1.26. The van der Waals surface area contributed by atoms with Crippen molar-refractivity contribution in [2.75, 3.05) is 16.9 Å². The average molecular weight is 513 g/mol. The third-order valence-corrected chi connectivity index (χ3v) is 7.84. The van der Waals surface area contributed by atoms with Crippen LogP contribution in [0, 0.1) is 0 Å². The van der Waals surface area contributed by atoms with Gasteiger partial charge in [0.2, 0.25) is 0 Å². The van der Waals surface area contributed by atoms with E-state index in [1.54, 1.807) is 12.1 Å². The number of epoxide rings is 2. The Kier molecular flexibility index (Phi) is 6.09. The number of fused-ring (bicyclic) bond motifs is 2. The van der Waals surface area contributed by atoms with Crippen LogP contribution in [0.3, 0.4) is 0 Å². The number of para-hydroxylation sites is 1. The van der Waals surface area contributed by atoms with E-state index in [2.05, 4.69) is 26.1 Å². The number of phenols is 3. The van der Waals surface area contributed by atoms with Crippen LogP contribution in [0.1, 0.15) is 70.7 Å². The predicted octanol–water partition coefficient (Wildman–Crippen LogP) is 5.16. The van der Waals surface area contributed by atoms with E-state index in [-0.39, 0.29) is 63.9 Å². The van der Waals surface area contributed by atoms with Crippen molar-refractivity contribution in [3.05, 3.63) is 35.9 Å². The van der Waals surface area contributed by atoms with Crippen molar-refractivity contribution in [2.24, 2.45) is 0 Å². The van der Waals surface area contributed by atoms with E-state index in [0.717, 1.165) is 19.3 Å². The standard InChI is InChI=1S/C28H36N2O7/c1-26(2,11-9-22-28(5,37-22)12-10-21-27(3,4)36-21)35-15-30-18-13-16(31)14-20(33)24(18)29-23-17(25(30)34)7-6-8-19(23)32/h6-8,13-14,21-22,29,31-33H,9-12,15H2,1-5H3. The first-order valence-corrected chi connectivity index (χ1v) is 12.8. The van der Waals surface area contributed by atoms with Crippen LogP contribution in [-0.4, -0.2) is 57.0 Å². The van der Waals surface area contributed by atoms with Gasteiger partial charge in [0.15, 0.2) is 0 Å². The molecular weight excluding hydrogens is 476 g/mol. The number of amides is 1. The number of aromatic hydroxyl groups is 3. The van der Waals surface area contributed by atoms with Crippen LogP contribution < -0.4 is 10.2 Å². The number of rotatable bonds is 9. The number of hydrogen-bond donors (Lipinski definition) is 4. The summed E-state index contributed by atoms with van der Waals surface area (Å²) in [5.41, 5.74) is 0.125. The molecule has 37 heavy (non-hydrogen) atoms. The Hall–Kier alpha value is -3.01. The Bertz CT molecular complexity index is 1230. The summed E-state index contributed by atoms with van der Waals surface area (Å²) in [6.07, 6.45) is 3.95. The Morgan fingerprint density at radius 3 is 2.46 bits per heavy atom. The molecule has 2 aromatic carbocycles. The summed E-state index contributed by atoms with van der Waals surface area (Å²) in [6, 6.07) is 7.18. The van der Waals surface area contributed by atoms with Gasteiger partial charge in [0, 0.05) is 12.1 Å². The van der Waals surface area contributed by atoms with Gasteiger partial charge in [-0.1, -0.05) is 6.07 Å². The fourth-order valence-electron chi connectivity index (χ4n) is 5.12. The lowest BCUT2D eigenvalue weighted by Crippen LogP contribution is -2.38. The minimum atomic E-state index is -0.574. The molecule has 2 aromatic rings. The van der Waals surface area contributed by atoms with Gasteiger partial charge in [-0.2, -0.15) is 0 Å². The number of hydrogen-bond acceptors (Lipinski definition) is 8. The minimum absolute atomic E-state index is 0.0116. The highest BCUT2D eigenvalue weighted by molar-refractivity contribution is 6.15. The average Bonchev–Trinajstić information content (AvgIpc) is 3.67. The van der Waals surface area contributed by atoms with E-state index in [1.165, 1.54) is 23.1 Å².